The van der Waals surface area contributed by atoms with Gasteiger partial charge in [-0.15, -0.1) is 0 Å². The van der Waals surface area contributed by atoms with Gasteiger partial charge in [0.2, 0.25) is 0 Å². The van der Waals surface area contributed by atoms with Crippen molar-refractivity contribution < 1.29 is 9.59 Å². The van der Waals surface area contributed by atoms with Gasteiger partial charge in [-0.2, -0.15) is 0 Å². The molecule has 19 heavy (non-hydrogen) atoms. The van der Waals surface area contributed by atoms with Crippen molar-refractivity contribution >= 4 is 11.7 Å². The maximum atomic E-state index is 12.4. The number of nitrogens with one attached hydrogen (secondary N) is 2. The second-order valence-electron chi connectivity index (χ2n) is 4.39. The molecule has 0 unspecified atom stereocenters. The van der Waals surface area contributed by atoms with Crippen LogP contribution in [0.1, 0.15) is 11.1 Å². The Morgan fingerprint density at radius 2 is 1.21 bits per heavy atom. The minimum Gasteiger partial charge on any atom is -0.286 e. The monoisotopic (exact) mass is 252 g/mol. The zero-order valence-electron chi connectivity index (χ0n) is 10.1. The Morgan fingerprint density at radius 1 is 0.737 bits per heavy atom. The highest BCUT2D eigenvalue weighted by Gasteiger charge is 2.50. The molecule has 2 N–H and O–H groups in total. The molecule has 1 heterocycles. The molecule has 2 aromatic carbocycles. The van der Waals surface area contributed by atoms with E-state index in [1.54, 1.807) is 0 Å². The van der Waals surface area contributed by atoms with Crippen LogP contribution in [-0.2, 0) is 15.1 Å². The summed E-state index contributed by atoms with van der Waals surface area (Å²) in [6.45, 7) is 0. The van der Waals surface area contributed by atoms with Crippen molar-refractivity contribution in [2.45, 2.75) is 5.54 Å². The number of carbonyl (C=O) groups excluding carboxylic acids is 2. The average Bonchev–Trinajstić information content (AvgIpc) is 2.78. The second kappa shape index (κ2) is 4.33. The van der Waals surface area contributed by atoms with E-state index in [1.165, 1.54) is 0 Å². The van der Waals surface area contributed by atoms with Gasteiger partial charge in [0, 0.05) is 0 Å². The molecule has 0 aromatic heterocycles. The van der Waals surface area contributed by atoms with Gasteiger partial charge >= 0.3 is 5.91 Å². The van der Waals surface area contributed by atoms with Crippen molar-refractivity contribution in [1.82, 2.24) is 10.9 Å². The third kappa shape index (κ3) is 1.65. The highest BCUT2D eigenvalue weighted by atomic mass is 16.2. The van der Waals surface area contributed by atoms with Gasteiger partial charge in [0.25, 0.3) is 5.78 Å². The van der Waals surface area contributed by atoms with Crippen LogP contribution in [0.25, 0.3) is 0 Å². The minimum absolute atomic E-state index is 0.495. The molecule has 2 aromatic rings. The Kier molecular flexibility index (Phi) is 2.65. The van der Waals surface area contributed by atoms with Gasteiger partial charge in [-0.3, -0.25) is 15.0 Å². The molecule has 4 heteroatoms. The van der Waals surface area contributed by atoms with E-state index >= 15 is 0 Å². The van der Waals surface area contributed by atoms with Gasteiger partial charge in [-0.25, -0.2) is 5.43 Å². The zero-order chi connectivity index (χ0) is 13.3. The lowest BCUT2D eigenvalue weighted by Crippen LogP contribution is -2.45. The Hall–Kier alpha value is -2.46. The van der Waals surface area contributed by atoms with Crippen LogP contribution in [0.4, 0.5) is 0 Å². The highest BCUT2D eigenvalue weighted by molar-refractivity contribution is 6.42. The van der Waals surface area contributed by atoms with Crippen LogP contribution in [-0.4, -0.2) is 11.7 Å². The maximum Gasteiger partial charge on any atom is 0.304 e. The number of benzene rings is 2. The van der Waals surface area contributed by atoms with Crippen LogP contribution in [0.15, 0.2) is 60.7 Å². The number of hydrazine groups is 1. The van der Waals surface area contributed by atoms with Crippen molar-refractivity contribution in [2.24, 2.45) is 0 Å². The van der Waals surface area contributed by atoms with Crippen LogP contribution >= 0.6 is 0 Å². The van der Waals surface area contributed by atoms with E-state index in [9.17, 15) is 9.59 Å². The van der Waals surface area contributed by atoms with Crippen molar-refractivity contribution in [2.75, 3.05) is 0 Å². The van der Waals surface area contributed by atoms with Crippen molar-refractivity contribution in [3.8, 4) is 0 Å². The lowest BCUT2D eigenvalue weighted by molar-refractivity contribution is -0.136. The van der Waals surface area contributed by atoms with Crippen LogP contribution in [0.2, 0.25) is 0 Å². The fraction of sp³-hybridized carbons (Fsp3) is 0.0667. The average molecular weight is 252 g/mol. The lowest BCUT2D eigenvalue weighted by Gasteiger charge is -2.27. The van der Waals surface area contributed by atoms with E-state index < -0.39 is 17.2 Å². The summed E-state index contributed by atoms with van der Waals surface area (Å²) >= 11 is 0. The first-order valence-corrected chi connectivity index (χ1v) is 5.98. The normalized spacial score (nSPS) is 17.3. The van der Waals surface area contributed by atoms with E-state index in [1.807, 2.05) is 60.7 Å². The molecule has 1 amide bonds. The van der Waals surface area contributed by atoms with E-state index in [0.717, 1.165) is 11.1 Å². The van der Waals surface area contributed by atoms with Gasteiger partial charge < -0.3 is 0 Å². The molecule has 0 radical (unpaired) electrons. The molecule has 0 spiro atoms. The molecule has 1 fully saturated rings. The van der Waals surface area contributed by atoms with Crippen molar-refractivity contribution in [3.05, 3.63) is 71.8 Å². The largest absolute Gasteiger partial charge is 0.304 e. The first kappa shape index (κ1) is 11.6. The number of carbonyl (C=O) groups is 2. The predicted octanol–water partition coefficient (Wildman–Crippen LogP) is 1.13. The van der Waals surface area contributed by atoms with Crippen LogP contribution < -0.4 is 10.9 Å². The van der Waals surface area contributed by atoms with Gasteiger partial charge in [0.05, 0.1) is 0 Å². The maximum absolute atomic E-state index is 12.4. The third-order valence-electron chi connectivity index (χ3n) is 3.32. The molecule has 0 saturated carbocycles. The molecule has 3 rings (SSSR count). The third-order valence-corrected chi connectivity index (χ3v) is 3.32. The summed E-state index contributed by atoms with van der Waals surface area (Å²) in [6.07, 6.45) is 0. The van der Waals surface area contributed by atoms with Gasteiger partial charge in [0.1, 0.15) is 0 Å². The molecular weight excluding hydrogens is 240 g/mol. The summed E-state index contributed by atoms with van der Waals surface area (Å²) in [5.41, 5.74) is 5.61. The fourth-order valence-corrected chi connectivity index (χ4v) is 2.38. The fourth-order valence-electron chi connectivity index (χ4n) is 2.38. The summed E-state index contributed by atoms with van der Waals surface area (Å²) in [6, 6.07) is 18.4. The molecule has 0 aliphatic carbocycles. The molecule has 94 valence electrons. The van der Waals surface area contributed by atoms with E-state index in [2.05, 4.69) is 10.9 Å². The van der Waals surface area contributed by atoms with Crippen LogP contribution in [0.3, 0.4) is 0 Å². The van der Waals surface area contributed by atoms with Crippen LogP contribution in [0, 0.1) is 0 Å². The number of hydrogen-bond acceptors (Lipinski definition) is 3. The quantitative estimate of drug-likeness (QED) is 0.788. The number of amides is 1. The molecular formula is C15H12N2O2. The second-order valence-corrected chi connectivity index (χ2v) is 4.39. The predicted molar refractivity (Wildman–Crippen MR) is 69.9 cm³/mol. The zero-order valence-corrected chi connectivity index (χ0v) is 10.1. The summed E-state index contributed by atoms with van der Waals surface area (Å²) < 4.78 is 0. The topological polar surface area (TPSA) is 58.2 Å². The van der Waals surface area contributed by atoms with E-state index in [0.29, 0.717) is 0 Å². The van der Waals surface area contributed by atoms with Crippen molar-refractivity contribution in [1.29, 1.82) is 0 Å². The Labute approximate surface area is 110 Å². The number of rotatable bonds is 2. The molecule has 4 nitrogen and oxygen atoms in total. The number of Topliss-reactive ketones (excluding diaryl/α,β-unsaturated/α-hetero) is 1. The van der Waals surface area contributed by atoms with E-state index in [4.69, 9.17) is 0 Å². The molecule has 0 bridgehead atoms. The first-order valence-electron chi connectivity index (χ1n) is 5.98. The summed E-state index contributed by atoms with van der Waals surface area (Å²) in [5.74, 6) is -1.11. The Morgan fingerprint density at radius 3 is 1.58 bits per heavy atom. The molecule has 1 aliphatic heterocycles. The van der Waals surface area contributed by atoms with Gasteiger partial charge in [0.15, 0.2) is 5.54 Å². The first-order chi connectivity index (χ1) is 9.25. The molecule has 1 saturated heterocycles. The van der Waals surface area contributed by atoms with Crippen molar-refractivity contribution in [3.63, 3.8) is 0 Å². The number of hydrogen-bond donors (Lipinski definition) is 2. The lowest BCUT2D eigenvalue weighted by atomic mass is 9.80. The van der Waals surface area contributed by atoms with Gasteiger partial charge in [-0.1, -0.05) is 60.7 Å². The van der Waals surface area contributed by atoms with Crippen LogP contribution in [0.5, 0.6) is 0 Å². The van der Waals surface area contributed by atoms with Gasteiger partial charge in [-0.05, 0) is 11.1 Å². The SMILES string of the molecule is O=C1NNC(c2ccccc2)(c2ccccc2)C1=O. The summed E-state index contributed by atoms with van der Waals surface area (Å²) in [5, 5.41) is 0. The number of ketones is 1. The summed E-state index contributed by atoms with van der Waals surface area (Å²) in [7, 11) is 0. The summed E-state index contributed by atoms with van der Waals surface area (Å²) in [4.78, 5) is 24.0. The molecule has 1 aliphatic rings. The molecule has 0 atom stereocenters. The highest BCUT2D eigenvalue weighted by Crippen LogP contribution is 2.32. The smallest absolute Gasteiger partial charge is 0.286 e. The minimum atomic E-state index is -1.14. The Balaban J connectivity index is 2.23. The van der Waals surface area contributed by atoms with E-state index in [-0.39, 0.29) is 0 Å². The standard InChI is InChI=1S/C15H12N2O2/c18-13-14(19)16-17-15(13,11-7-3-1-4-8-11)12-9-5-2-6-10-12/h1-10,17H,(H,16,19). The Bertz CT molecular complexity index is 584.